The molecule has 0 aromatic heterocycles. The van der Waals surface area contributed by atoms with Gasteiger partial charge in [0.05, 0.1) is 16.6 Å². The lowest BCUT2D eigenvalue weighted by atomic mass is 9.74. The quantitative estimate of drug-likeness (QED) is 0.317. The SMILES string of the molecule is Cc1ccc(C)c(N2CC=C[C@]34S[C@@]5(C)C=CCN(Cc6ccccc6)C(=O)[C@H]5[C@H]3C(=O)N(CCCCCCO)C4C2=O)c1. The molecule has 5 atom stereocenters. The van der Waals surface area contributed by atoms with Gasteiger partial charge in [0.15, 0.2) is 0 Å². The molecule has 1 N–H and O–H groups in total. The largest absolute Gasteiger partial charge is 0.396 e. The standard InChI is InChI=1S/C36H43N3O4S/c1-25-15-16-26(2)28(23-25)38-21-12-18-36-30(33(42)39(31(36)34(38)43)20-9-4-5-10-22-40)29-32(41)37(19-11-17-35(29,3)44-36)24-27-13-7-6-8-14-27/h6-8,11-18,23,29-31,40H,4-5,9-10,19-22,24H2,1-3H3/t29-,30+,31?,35+,36+/m1/s1. The lowest BCUT2D eigenvalue weighted by molar-refractivity contribution is -0.144. The molecule has 6 rings (SSSR count). The number of amides is 3. The van der Waals surface area contributed by atoms with Gasteiger partial charge in [-0.1, -0.05) is 79.6 Å². The highest BCUT2D eigenvalue weighted by atomic mass is 32.2. The summed E-state index contributed by atoms with van der Waals surface area (Å²) in [6, 6.07) is 15.4. The highest BCUT2D eigenvalue weighted by molar-refractivity contribution is 8.02. The van der Waals surface area contributed by atoms with E-state index in [1.165, 1.54) is 0 Å². The van der Waals surface area contributed by atoms with Gasteiger partial charge in [0, 0.05) is 43.2 Å². The van der Waals surface area contributed by atoms with Gasteiger partial charge in [0.2, 0.25) is 11.8 Å². The monoisotopic (exact) mass is 613 g/mol. The number of benzene rings is 2. The summed E-state index contributed by atoms with van der Waals surface area (Å²) >= 11 is 1.64. The predicted octanol–water partition coefficient (Wildman–Crippen LogP) is 5.05. The van der Waals surface area contributed by atoms with Gasteiger partial charge >= 0.3 is 0 Å². The van der Waals surface area contributed by atoms with Gasteiger partial charge in [-0.25, -0.2) is 0 Å². The van der Waals surface area contributed by atoms with Crippen LogP contribution in [0.5, 0.6) is 0 Å². The Morgan fingerprint density at radius 1 is 0.864 bits per heavy atom. The number of hydrogen-bond acceptors (Lipinski definition) is 5. The first kappa shape index (κ1) is 30.7. The second kappa shape index (κ2) is 12.2. The zero-order valence-corrected chi connectivity index (χ0v) is 26.8. The van der Waals surface area contributed by atoms with Crippen LogP contribution in [0.4, 0.5) is 5.69 Å². The zero-order valence-electron chi connectivity index (χ0n) is 25.9. The Hall–Kier alpha value is -3.36. The maximum atomic E-state index is 14.8. The van der Waals surface area contributed by atoms with Crippen molar-refractivity contribution in [2.75, 3.05) is 31.1 Å². The number of likely N-dealkylation sites (tertiary alicyclic amines) is 1. The third-order valence-electron chi connectivity index (χ3n) is 9.82. The molecule has 0 saturated carbocycles. The maximum absolute atomic E-state index is 14.8. The van der Waals surface area contributed by atoms with E-state index in [0.29, 0.717) is 26.2 Å². The van der Waals surface area contributed by atoms with Crippen LogP contribution in [-0.2, 0) is 20.9 Å². The maximum Gasteiger partial charge on any atom is 0.251 e. The summed E-state index contributed by atoms with van der Waals surface area (Å²) in [5.41, 5.74) is 3.99. The van der Waals surface area contributed by atoms with E-state index >= 15 is 0 Å². The number of anilines is 1. The summed E-state index contributed by atoms with van der Waals surface area (Å²) in [6.07, 6.45) is 11.5. The van der Waals surface area contributed by atoms with Crippen LogP contribution in [0, 0.1) is 25.7 Å². The first-order chi connectivity index (χ1) is 21.2. The number of carbonyl (C=O) groups is 3. The van der Waals surface area contributed by atoms with Crippen LogP contribution in [0.15, 0.2) is 72.8 Å². The van der Waals surface area contributed by atoms with E-state index in [4.69, 9.17) is 0 Å². The third kappa shape index (κ3) is 5.20. The summed E-state index contributed by atoms with van der Waals surface area (Å²) in [5, 5.41) is 9.26. The molecule has 0 aliphatic carbocycles. The van der Waals surface area contributed by atoms with Crippen LogP contribution in [0.1, 0.15) is 49.3 Å². The van der Waals surface area contributed by atoms with Crippen molar-refractivity contribution in [3.8, 4) is 0 Å². The molecule has 3 amide bonds. The number of rotatable bonds is 9. The molecule has 4 aliphatic heterocycles. The summed E-state index contributed by atoms with van der Waals surface area (Å²) in [6.45, 7) is 8.10. The fourth-order valence-corrected chi connectivity index (χ4v) is 9.89. The normalized spacial score (nSPS) is 29.5. The number of aryl methyl sites for hydroxylation is 2. The second-order valence-corrected chi connectivity index (χ2v) is 14.7. The van der Waals surface area contributed by atoms with Gasteiger partial charge < -0.3 is 19.8 Å². The molecule has 2 aromatic rings. The van der Waals surface area contributed by atoms with Crippen LogP contribution in [-0.4, -0.2) is 74.4 Å². The molecule has 7 nitrogen and oxygen atoms in total. The molecule has 232 valence electrons. The molecule has 2 aromatic carbocycles. The van der Waals surface area contributed by atoms with Gasteiger partial charge in [0.1, 0.15) is 6.04 Å². The fraction of sp³-hybridized carbons (Fsp3) is 0.472. The van der Waals surface area contributed by atoms with E-state index in [1.807, 2.05) is 78.3 Å². The van der Waals surface area contributed by atoms with Crippen molar-refractivity contribution < 1.29 is 19.5 Å². The Morgan fingerprint density at radius 2 is 1.61 bits per heavy atom. The minimum Gasteiger partial charge on any atom is -0.396 e. The molecule has 2 saturated heterocycles. The highest BCUT2D eigenvalue weighted by Crippen LogP contribution is 2.65. The average molecular weight is 614 g/mol. The van der Waals surface area contributed by atoms with Crippen LogP contribution in [0.2, 0.25) is 0 Å². The van der Waals surface area contributed by atoms with Gasteiger partial charge in [-0.3, -0.25) is 14.4 Å². The first-order valence-electron chi connectivity index (χ1n) is 15.9. The third-order valence-corrected chi connectivity index (χ3v) is 11.6. The molecule has 1 spiro atoms. The highest BCUT2D eigenvalue weighted by Gasteiger charge is 2.73. The lowest BCUT2D eigenvalue weighted by Gasteiger charge is -2.37. The van der Waals surface area contributed by atoms with Crippen molar-refractivity contribution in [1.82, 2.24) is 9.80 Å². The van der Waals surface area contributed by atoms with E-state index in [-0.39, 0.29) is 24.3 Å². The number of carbonyl (C=O) groups excluding carboxylic acids is 3. The van der Waals surface area contributed by atoms with Crippen molar-refractivity contribution in [1.29, 1.82) is 0 Å². The van der Waals surface area contributed by atoms with Crippen LogP contribution in [0.3, 0.4) is 0 Å². The Bertz CT molecular complexity index is 1490. The van der Waals surface area contributed by atoms with Gasteiger partial charge in [-0.05, 0) is 56.4 Å². The molecule has 0 bridgehead atoms. The van der Waals surface area contributed by atoms with Crippen molar-refractivity contribution in [2.24, 2.45) is 11.8 Å². The Labute approximate surface area is 265 Å². The summed E-state index contributed by atoms with van der Waals surface area (Å²) < 4.78 is -1.49. The fourth-order valence-electron chi connectivity index (χ4n) is 7.73. The molecule has 44 heavy (non-hydrogen) atoms. The summed E-state index contributed by atoms with van der Waals surface area (Å²) in [7, 11) is 0. The Kier molecular flexibility index (Phi) is 8.50. The number of aliphatic hydroxyl groups excluding tert-OH is 1. The molecule has 8 heteroatoms. The van der Waals surface area contributed by atoms with E-state index < -0.39 is 27.4 Å². The van der Waals surface area contributed by atoms with Crippen LogP contribution in [0.25, 0.3) is 0 Å². The summed E-state index contributed by atoms with van der Waals surface area (Å²) in [4.78, 5) is 49.5. The molecule has 2 fully saturated rings. The number of unbranched alkanes of at least 4 members (excludes halogenated alkanes) is 3. The average Bonchev–Trinajstić information content (AvgIpc) is 3.27. The van der Waals surface area contributed by atoms with E-state index in [1.54, 1.807) is 16.7 Å². The molecule has 4 aliphatic rings. The molecular weight excluding hydrogens is 570 g/mol. The van der Waals surface area contributed by atoms with Gasteiger partial charge in [0.25, 0.3) is 5.91 Å². The number of thioether (sulfide) groups is 1. The van der Waals surface area contributed by atoms with E-state index in [2.05, 4.69) is 25.2 Å². The van der Waals surface area contributed by atoms with Crippen molar-refractivity contribution in [2.45, 2.75) is 68.5 Å². The van der Waals surface area contributed by atoms with Crippen LogP contribution >= 0.6 is 11.8 Å². The zero-order chi connectivity index (χ0) is 31.1. The molecular formula is C36H43N3O4S. The predicted molar refractivity (Wildman–Crippen MR) is 175 cm³/mol. The molecule has 0 radical (unpaired) electrons. The minimum absolute atomic E-state index is 0.0240. The smallest absolute Gasteiger partial charge is 0.251 e. The lowest BCUT2D eigenvalue weighted by Crippen LogP contribution is -2.53. The minimum atomic E-state index is -0.860. The number of nitrogens with zero attached hydrogens (tertiary/aromatic N) is 3. The molecule has 4 heterocycles. The second-order valence-electron chi connectivity index (χ2n) is 12.9. The number of fused-ring (bicyclic) bond motifs is 2. The topological polar surface area (TPSA) is 81.2 Å². The van der Waals surface area contributed by atoms with Gasteiger partial charge in [-0.2, -0.15) is 0 Å². The Balaban J connectivity index is 1.40. The van der Waals surface area contributed by atoms with E-state index in [0.717, 1.165) is 48.1 Å². The van der Waals surface area contributed by atoms with Gasteiger partial charge in [-0.15, -0.1) is 11.8 Å². The number of aliphatic hydroxyl groups is 1. The number of hydrogen-bond donors (Lipinski definition) is 1. The van der Waals surface area contributed by atoms with Crippen LogP contribution < -0.4 is 4.90 Å². The van der Waals surface area contributed by atoms with Crippen molar-refractivity contribution in [3.05, 3.63) is 89.5 Å². The van der Waals surface area contributed by atoms with E-state index in [9.17, 15) is 19.5 Å². The Morgan fingerprint density at radius 3 is 2.39 bits per heavy atom. The first-order valence-corrected chi connectivity index (χ1v) is 16.7. The molecule has 1 unspecified atom stereocenters. The van der Waals surface area contributed by atoms with Crippen molar-refractivity contribution >= 4 is 35.2 Å². The van der Waals surface area contributed by atoms with Crippen molar-refractivity contribution in [3.63, 3.8) is 0 Å². The summed E-state index contributed by atoms with van der Waals surface area (Å²) in [5.74, 6) is -1.44.